The molecule has 5 aromatic carbocycles. The monoisotopic (exact) mass is 790 g/mol. The van der Waals surface area contributed by atoms with Crippen molar-refractivity contribution in [1.82, 2.24) is 29.1 Å². The van der Waals surface area contributed by atoms with Crippen molar-refractivity contribution in [3.63, 3.8) is 0 Å². The van der Waals surface area contributed by atoms with Crippen molar-refractivity contribution in [2.75, 3.05) is 0 Å². The summed E-state index contributed by atoms with van der Waals surface area (Å²) in [6, 6.07) is 55.6. The molecule has 0 unspecified atom stereocenters. The van der Waals surface area contributed by atoms with E-state index in [9.17, 15) is 0 Å². The van der Waals surface area contributed by atoms with Crippen LogP contribution in [0.1, 0.15) is 34.1 Å². The van der Waals surface area contributed by atoms with Crippen LogP contribution in [0.15, 0.2) is 195 Å². The Hall–Kier alpha value is -7.70. The van der Waals surface area contributed by atoms with Crippen molar-refractivity contribution < 1.29 is 0 Å². The van der Waals surface area contributed by atoms with E-state index in [0.29, 0.717) is 0 Å². The van der Waals surface area contributed by atoms with Gasteiger partial charge in [0.25, 0.3) is 0 Å². The summed E-state index contributed by atoms with van der Waals surface area (Å²) in [5.74, 6) is 0. The van der Waals surface area contributed by atoms with Gasteiger partial charge in [-0.15, -0.1) is 0 Å². The van der Waals surface area contributed by atoms with Gasteiger partial charge in [-0.1, -0.05) is 113 Å². The standard InChI is InChI=1S/C50H32N6.C3H8.C2H6/c1-3-10-33(11-4-1)37-24-39(31-51-29-37)35-18-20-45-43(26-35)49-47(16-8-22-53-49)55(45)41-14-7-15-42(28-41)56-46-21-19-36(27-44(46)50-48(56)17-9-23-54-50)40-25-38(30-52-32-40)34-12-5-2-6-13-34;1-3-2;1-2/h1-32H;3H2,1-2H3;1-2H3. The first kappa shape index (κ1) is 38.8. The molecule has 0 saturated heterocycles. The Labute approximate surface area is 356 Å². The summed E-state index contributed by atoms with van der Waals surface area (Å²) in [6.45, 7) is 8.25. The molecule has 0 aliphatic heterocycles. The first-order valence-corrected chi connectivity index (χ1v) is 21.1. The maximum Gasteiger partial charge on any atom is 0.0963 e. The van der Waals surface area contributed by atoms with Crippen molar-refractivity contribution in [1.29, 1.82) is 0 Å². The lowest BCUT2D eigenvalue weighted by atomic mass is 10.0. The summed E-state index contributed by atoms with van der Waals surface area (Å²) in [5, 5.41) is 2.18. The molecule has 296 valence electrons. The maximum atomic E-state index is 4.91. The van der Waals surface area contributed by atoms with Gasteiger partial charge in [-0.25, -0.2) is 0 Å². The fraction of sp³-hybridized carbons (Fsp3) is 0.0909. The van der Waals surface area contributed by atoms with E-state index in [1.54, 1.807) is 0 Å². The predicted octanol–water partition coefficient (Wildman–Crippen LogP) is 14.6. The zero-order valence-electron chi connectivity index (χ0n) is 34.9. The molecule has 0 spiro atoms. The number of hydrogen-bond acceptors (Lipinski definition) is 4. The first-order valence-electron chi connectivity index (χ1n) is 21.1. The summed E-state index contributed by atoms with van der Waals surface area (Å²) >= 11 is 0. The smallest absolute Gasteiger partial charge is 0.0963 e. The Kier molecular flexibility index (Phi) is 11.0. The number of nitrogens with zero attached hydrogens (tertiary/aromatic N) is 6. The van der Waals surface area contributed by atoms with Crippen LogP contribution in [0.25, 0.3) is 99.8 Å². The fourth-order valence-electron chi connectivity index (χ4n) is 8.13. The average Bonchev–Trinajstić information content (AvgIpc) is 3.85. The molecule has 6 nitrogen and oxygen atoms in total. The summed E-state index contributed by atoms with van der Waals surface area (Å²) in [5.41, 5.74) is 17.1. The zero-order valence-corrected chi connectivity index (χ0v) is 34.9. The highest BCUT2D eigenvalue weighted by molar-refractivity contribution is 6.10. The zero-order chi connectivity index (χ0) is 41.7. The molecule has 6 heteroatoms. The van der Waals surface area contributed by atoms with Gasteiger partial charge < -0.3 is 9.13 Å². The summed E-state index contributed by atoms with van der Waals surface area (Å²) in [7, 11) is 0. The molecule has 61 heavy (non-hydrogen) atoms. The lowest BCUT2D eigenvalue weighted by Gasteiger charge is -2.13. The van der Waals surface area contributed by atoms with E-state index >= 15 is 0 Å². The minimum Gasteiger partial charge on any atom is -0.308 e. The van der Waals surface area contributed by atoms with Crippen LogP contribution in [0.3, 0.4) is 0 Å². The lowest BCUT2D eigenvalue weighted by Crippen LogP contribution is -1.98. The van der Waals surface area contributed by atoms with Gasteiger partial charge in [-0.05, 0) is 101 Å². The normalized spacial score (nSPS) is 11.0. The van der Waals surface area contributed by atoms with Gasteiger partial charge in [0.05, 0.1) is 33.1 Å². The van der Waals surface area contributed by atoms with E-state index in [4.69, 9.17) is 9.97 Å². The third-order valence-corrected chi connectivity index (χ3v) is 10.7. The van der Waals surface area contributed by atoms with E-state index in [-0.39, 0.29) is 0 Å². The minimum absolute atomic E-state index is 0.960. The van der Waals surface area contributed by atoms with Gasteiger partial charge in [-0.2, -0.15) is 0 Å². The van der Waals surface area contributed by atoms with Gasteiger partial charge >= 0.3 is 0 Å². The highest BCUT2D eigenvalue weighted by Gasteiger charge is 2.18. The Morgan fingerprint density at radius 1 is 0.361 bits per heavy atom. The van der Waals surface area contributed by atoms with Crippen LogP contribution in [0.2, 0.25) is 0 Å². The molecule has 0 fully saturated rings. The third kappa shape index (κ3) is 7.34. The highest BCUT2D eigenvalue weighted by Crippen LogP contribution is 2.38. The largest absolute Gasteiger partial charge is 0.308 e. The second-order valence-corrected chi connectivity index (χ2v) is 14.8. The van der Waals surface area contributed by atoms with Crippen LogP contribution in [-0.2, 0) is 0 Å². The van der Waals surface area contributed by atoms with E-state index in [0.717, 1.165) is 99.8 Å². The first-order chi connectivity index (χ1) is 30.2. The summed E-state index contributed by atoms with van der Waals surface area (Å²) in [6.07, 6.45) is 12.7. The molecule has 0 bridgehead atoms. The second kappa shape index (κ2) is 17.3. The molecule has 6 aromatic heterocycles. The van der Waals surface area contributed by atoms with Crippen molar-refractivity contribution in [3.05, 3.63) is 195 Å². The van der Waals surface area contributed by atoms with Crippen molar-refractivity contribution in [3.8, 4) is 55.9 Å². The van der Waals surface area contributed by atoms with Crippen LogP contribution in [0.5, 0.6) is 0 Å². The molecule has 6 heterocycles. The van der Waals surface area contributed by atoms with E-state index in [1.807, 2.05) is 75.3 Å². The van der Waals surface area contributed by atoms with Crippen molar-refractivity contribution in [2.45, 2.75) is 34.1 Å². The number of fused-ring (bicyclic) bond motifs is 6. The minimum atomic E-state index is 0.960. The fourth-order valence-corrected chi connectivity index (χ4v) is 8.13. The SMILES string of the molecule is CC.CCC.c1ccc(-c2cncc(-c3ccc4c(c3)c3ncccc3n4-c3cccc(-n4c5ccc(-c6cncc(-c7ccccc7)c6)cc5c5ncccc54)c3)c2)cc1. The summed E-state index contributed by atoms with van der Waals surface area (Å²) < 4.78 is 4.64. The van der Waals surface area contributed by atoms with Gasteiger partial charge in [-0.3, -0.25) is 19.9 Å². The van der Waals surface area contributed by atoms with Crippen LogP contribution < -0.4 is 0 Å². The highest BCUT2D eigenvalue weighted by atomic mass is 15.0. The predicted molar refractivity (Wildman–Crippen MR) is 255 cm³/mol. The third-order valence-electron chi connectivity index (χ3n) is 10.7. The molecule has 0 aliphatic rings. The Morgan fingerprint density at radius 3 is 1.20 bits per heavy atom. The lowest BCUT2D eigenvalue weighted by molar-refractivity contribution is 1.09. The van der Waals surface area contributed by atoms with E-state index in [2.05, 4.69) is 166 Å². The van der Waals surface area contributed by atoms with Gasteiger partial charge in [0.1, 0.15) is 0 Å². The molecule has 0 atom stereocenters. The molecule has 0 radical (unpaired) electrons. The van der Waals surface area contributed by atoms with E-state index in [1.165, 1.54) is 6.42 Å². The van der Waals surface area contributed by atoms with Crippen LogP contribution in [0.4, 0.5) is 0 Å². The molecule has 0 N–H and O–H groups in total. The molecule has 11 aromatic rings. The average molecular weight is 791 g/mol. The van der Waals surface area contributed by atoms with Crippen molar-refractivity contribution in [2.24, 2.45) is 0 Å². The van der Waals surface area contributed by atoms with Crippen molar-refractivity contribution >= 4 is 43.9 Å². The number of benzene rings is 5. The molecular weight excluding hydrogens is 745 g/mol. The Balaban J connectivity index is 0.000000914. The van der Waals surface area contributed by atoms with Crippen LogP contribution >= 0.6 is 0 Å². The molecule has 0 amide bonds. The van der Waals surface area contributed by atoms with Crippen LogP contribution in [-0.4, -0.2) is 29.1 Å². The topological polar surface area (TPSA) is 61.4 Å². The van der Waals surface area contributed by atoms with Gasteiger partial charge in [0.15, 0.2) is 0 Å². The number of hydrogen-bond donors (Lipinski definition) is 0. The quantitative estimate of drug-likeness (QED) is 0.168. The number of rotatable bonds is 6. The van der Waals surface area contributed by atoms with Gasteiger partial charge in [0, 0.05) is 81.6 Å². The molecule has 0 saturated carbocycles. The maximum absolute atomic E-state index is 4.91. The number of pyridine rings is 4. The molecule has 0 aliphatic carbocycles. The Bertz CT molecular complexity index is 3060. The number of aromatic nitrogens is 6. The molecular formula is C55H46N6. The molecule has 11 rings (SSSR count). The van der Waals surface area contributed by atoms with Gasteiger partial charge in [0.2, 0.25) is 0 Å². The van der Waals surface area contributed by atoms with E-state index < -0.39 is 0 Å². The van der Waals surface area contributed by atoms with Crippen LogP contribution in [0, 0.1) is 0 Å². The Morgan fingerprint density at radius 2 is 0.770 bits per heavy atom. The summed E-state index contributed by atoms with van der Waals surface area (Å²) in [4.78, 5) is 19.1. The second-order valence-electron chi connectivity index (χ2n) is 14.8.